The fraction of sp³-hybridized carbons (Fsp3) is 0.0526. The number of aromatic hydroxyl groups is 1. The van der Waals surface area contributed by atoms with Gasteiger partial charge in [0.25, 0.3) is 0 Å². The molecular weight excluding hydrogens is 316 g/mol. The van der Waals surface area contributed by atoms with Crippen molar-refractivity contribution >= 4 is 17.3 Å². The number of methoxy groups -OCH3 is 1. The van der Waals surface area contributed by atoms with Crippen LogP contribution in [-0.2, 0) is 0 Å². The van der Waals surface area contributed by atoms with Crippen LogP contribution in [0.4, 0.5) is 11.6 Å². The van der Waals surface area contributed by atoms with Crippen LogP contribution in [0.2, 0.25) is 0 Å². The summed E-state index contributed by atoms with van der Waals surface area (Å²) in [7, 11) is 1.52. The van der Waals surface area contributed by atoms with Crippen molar-refractivity contribution in [3.05, 3.63) is 67.0 Å². The Morgan fingerprint density at radius 2 is 1.92 bits per heavy atom. The van der Waals surface area contributed by atoms with E-state index in [0.29, 0.717) is 11.7 Å². The number of ether oxygens (including phenoxy) is 1. The first-order valence-corrected chi connectivity index (χ1v) is 7.78. The lowest BCUT2D eigenvalue weighted by Gasteiger charge is -2.11. The molecule has 4 aromatic rings. The summed E-state index contributed by atoms with van der Waals surface area (Å²) in [5.74, 6) is 1.15. The van der Waals surface area contributed by atoms with Crippen molar-refractivity contribution in [3.63, 3.8) is 0 Å². The summed E-state index contributed by atoms with van der Waals surface area (Å²) in [6.45, 7) is 0. The minimum atomic E-state index is 0.0933. The van der Waals surface area contributed by atoms with Crippen molar-refractivity contribution in [1.82, 2.24) is 14.4 Å². The molecule has 0 aliphatic rings. The number of nitrogens with one attached hydrogen (secondary N) is 1. The minimum Gasteiger partial charge on any atom is -0.504 e. The van der Waals surface area contributed by atoms with Crippen molar-refractivity contribution < 1.29 is 9.84 Å². The number of anilines is 2. The maximum Gasteiger partial charge on any atom is 0.213 e. The lowest BCUT2D eigenvalue weighted by molar-refractivity contribution is 0.373. The fourth-order valence-electron chi connectivity index (χ4n) is 2.65. The van der Waals surface area contributed by atoms with Crippen molar-refractivity contribution in [2.75, 3.05) is 12.4 Å². The average Bonchev–Trinajstić information content (AvgIpc) is 3.12. The molecule has 0 bridgehead atoms. The molecule has 4 rings (SSSR count). The van der Waals surface area contributed by atoms with Crippen LogP contribution in [0, 0.1) is 0 Å². The molecule has 2 aromatic carbocycles. The van der Waals surface area contributed by atoms with Gasteiger partial charge in [-0.05, 0) is 30.3 Å². The first kappa shape index (κ1) is 15.0. The van der Waals surface area contributed by atoms with Gasteiger partial charge >= 0.3 is 0 Å². The molecule has 124 valence electrons. The Hall–Kier alpha value is -3.54. The number of fused-ring (bicyclic) bond motifs is 1. The predicted octanol–water partition coefficient (Wildman–Crippen LogP) is 3.85. The van der Waals surface area contributed by atoms with E-state index in [0.717, 1.165) is 22.6 Å². The minimum absolute atomic E-state index is 0.0933. The van der Waals surface area contributed by atoms with E-state index in [-0.39, 0.29) is 5.75 Å². The van der Waals surface area contributed by atoms with Gasteiger partial charge in [-0.3, -0.25) is 4.40 Å². The standard InChI is InChI=1S/C19H16N4O2/c1-25-17-11-13(7-8-16(17)24)15-12-18-20-9-10-23(18)19(22-15)21-14-5-3-2-4-6-14/h2-12,24H,1H3,(H,21,22). The van der Waals surface area contributed by atoms with E-state index in [1.54, 1.807) is 24.4 Å². The Bertz CT molecular complexity index is 1030. The molecule has 2 N–H and O–H groups in total. The van der Waals surface area contributed by atoms with Crippen LogP contribution in [0.15, 0.2) is 67.0 Å². The summed E-state index contributed by atoms with van der Waals surface area (Å²) in [5, 5.41) is 13.1. The third kappa shape index (κ3) is 2.85. The van der Waals surface area contributed by atoms with Crippen LogP contribution in [0.3, 0.4) is 0 Å². The molecule has 6 heteroatoms. The number of hydrogen-bond acceptors (Lipinski definition) is 5. The van der Waals surface area contributed by atoms with E-state index in [1.165, 1.54) is 7.11 Å². The molecule has 2 aromatic heterocycles. The monoisotopic (exact) mass is 332 g/mol. The zero-order chi connectivity index (χ0) is 17.2. The second kappa shape index (κ2) is 6.16. The molecule has 2 heterocycles. The lowest BCUT2D eigenvalue weighted by Crippen LogP contribution is -2.02. The first-order chi connectivity index (χ1) is 12.2. The molecule has 0 amide bonds. The highest BCUT2D eigenvalue weighted by Gasteiger charge is 2.11. The molecule has 0 spiro atoms. The Morgan fingerprint density at radius 3 is 2.72 bits per heavy atom. The molecule has 0 atom stereocenters. The zero-order valence-corrected chi connectivity index (χ0v) is 13.5. The highest BCUT2D eigenvalue weighted by Crippen LogP contribution is 2.31. The van der Waals surface area contributed by atoms with Gasteiger partial charge in [0.1, 0.15) is 5.65 Å². The summed E-state index contributed by atoms with van der Waals surface area (Å²) in [6, 6.07) is 16.9. The number of rotatable bonds is 4. The smallest absolute Gasteiger partial charge is 0.213 e. The van der Waals surface area contributed by atoms with Crippen LogP contribution in [0.5, 0.6) is 11.5 Å². The third-order valence-corrected chi connectivity index (χ3v) is 3.90. The van der Waals surface area contributed by atoms with Gasteiger partial charge < -0.3 is 15.2 Å². The largest absolute Gasteiger partial charge is 0.504 e. The number of nitrogens with zero attached hydrogens (tertiary/aromatic N) is 3. The Morgan fingerprint density at radius 1 is 1.08 bits per heavy atom. The average molecular weight is 332 g/mol. The van der Waals surface area contributed by atoms with Crippen molar-refractivity contribution in [1.29, 1.82) is 0 Å². The molecule has 0 saturated heterocycles. The number of benzene rings is 2. The molecule has 0 radical (unpaired) electrons. The van der Waals surface area contributed by atoms with E-state index >= 15 is 0 Å². The zero-order valence-electron chi connectivity index (χ0n) is 13.5. The van der Waals surface area contributed by atoms with Gasteiger partial charge in [-0.15, -0.1) is 0 Å². The fourth-order valence-corrected chi connectivity index (χ4v) is 2.65. The van der Waals surface area contributed by atoms with E-state index in [4.69, 9.17) is 9.72 Å². The quantitative estimate of drug-likeness (QED) is 0.594. The van der Waals surface area contributed by atoms with Gasteiger partial charge in [-0.1, -0.05) is 18.2 Å². The summed E-state index contributed by atoms with van der Waals surface area (Å²) in [5.41, 5.74) is 3.27. The maximum atomic E-state index is 9.80. The summed E-state index contributed by atoms with van der Waals surface area (Å²) in [6.07, 6.45) is 3.59. The van der Waals surface area contributed by atoms with Gasteiger partial charge in [-0.25, -0.2) is 9.97 Å². The maximum absolute atomic E-state index is 9.80. The molecule has 0 unspecified atom stereocenters. The number of imidazole rings is 1. The van der Waals surface area contributed by atoms with Gasteiger partial charge in [-0.2, -0.15) is 0 Å². The summed E-state index contributed by atoms with van der Waals surface area (Å²) < 4.78 is 7.07. The van der Waals surface area contributed by atoms with Crippen LogP contribution in [0.25, 0.3) is 16.9 Å². The molecule has 6 nitrogen and oxygen atoms in total. The Kier molecular flexibility index (Phi) is 3.70. The SMILES string of the molecule is COc1cc(-c2cc3nccn3c(Nc3ccccc3)n2)ccc1O. The number of aromatic nitrogens is 3. The molecule has 0 fully saturated rings. The molecule has 25 heavy (non-hydrogen) atoms. The van der Waals surface area contributed by atoms with Gasteiger partial charge in [0.15, 0.2) is 11.5 Å². The predicted molar refractivity (Wildman–Crippen MR) is 96.4 cm³/mol. The van der Waals surface area contributed by atoms with E-state index in [2.05, 4.69) is 10.3 Å². The summed E-state index contributed by atoms with van der Waals surface area (Å²) in [4.78, 5) is 9.09. The molecule has 0 aliphatic heterocycles. The number of para-hydroxylation sites is 1. The molecular formula is C19H16N4O2. The van der Waals surface area contributed by atoms with E-state index in [1.807, 2.05) is 47.0 Å². The van der Waals surface area contributed by atoms with E-state index < -0.39 is 0 Å². The molecule has 0 saturated carbocycles. The Labute approximate surface area is 144 Å². The number of hydrogen-bond donors (Lipinski definition) is 2. The van der Waals surface area contributed by atoms with Gasteiger partial charge in [0, 0.05) is 29.7 Å². The normalized spacial score (nSPS) is 10.8. The molecule has 0 aliphatic carbocycles. The van der Waals surface area contributed by atoms with Crippen LogP contribution >= 0.6 is 0 Å². The second-order valence-corrected chi connectivity index (χ2v) is 5.50. The first-order valence-electron chi connectivity index (χ1n) is 7.78. The van der Waals surface area contributed by atoms with E-state index in [9.17, 15) is 5.11 Å². The third-order valence-electron chi connectivity index (χ3n) is 3.90. The van der Waals surface area contributed by atoms with Crippen molar-refractivity contribution in [2.24, 2.45) is 0 Å². The van der Waals surface area contributed by atoms with Crippen LogP contribution in [0.1, 0.15) is 0 Å². The summed E-state index contributed by atoms with van der Waals surface area (Å²) >= 11 is 0. The van der Waals surface area contributed by atoms with Crippen molar-refractivity contribution in [3.8, 4) is 22.8 Å². The topological polar surface area (TPSA) is 71.7 Å². The lowest BCUT2D eigenvalue weighted by atomic mass is 10.1. The van der Waals surface area contributed by atoms with Crippen LogP contribution in [-0.4, -0.2) is 26.6 Å². The highest BCUT2D eigenvalue weighted by molar-refractivity contribution is 5.70. The Balaban J connectivity index is 1.83. The highest BCUT2D eigenvalue weighted by atomic mass is 16.5. The van der Waals surface area contributed by atoms with Crippen molar-refractivity contribution in [2.45, 2.75) is 0 Å². The number of phenols is 1. The second-order valence-electron chi connectivity index (χ2n) is 5.50. The number of phenolic OH excluding ortho intramolecular Hbond substituents is 1. The van der Waals surface area contributed by atoms with Gasteiger partial charge in [0.05, 0.1) is 12.8 Å². The van der Waals surface area contributed by atoms with Crippen LogP contribution < -0.4 is 10.1 Å². The van der Waals surface area contributed by atoms with Gasteiger partial charge in [0.2, 0.25) is 5.95 Å².